The highest BCUT2D eigenvalue weighted by Gasteiger charge is 2.33. The number of phenols is 1. The Morgan fingerprint density at radius 3 is 2.57 bits per heavy atom. The Morgan fingerprint density at radius 2 is 1.82 bits per heavy atom. The van der Waals surface area contributed by atoms with Gasteiger partial charge in [0.2, 0.25) is 5.78 Å². The van der Waals surface area contributed by atoms with Crippen LogP contribution in [0.15, 0.2) is 60.4 Å². The predicted molar refractivity (Wildman–Crippen MR) is 108 cm³/mol. The summed E-state index contributed by atoms with van der Waals surface area (Å²) in [5.41, 5.74) is 2.32. The van der Waals surface area contributed by atoms with Gasteiger partial charge < -0.3 is 19.6 Å². The number of aromatic hydroxyl groups is 1. The topological polar surface area (TPSA) is 55.4 Å². The molecule has 4 rings (SSSR count). The molecule has 0 aromatic heterocycles. The normalized spacial score (nSPS) is 23.2. The molecule has 144 valence electrons. The largest absolute Gasteiger partial charge is 0.507 e. The number of hydrogen-bond donors (Lipinski definition) is 3. The number of Topliss-reactive ketones (excluding diaryl/α,β-unsaturated/α-hetero) is 1. The number of nitrogens with one attached hydrogen (secondary N) is 2. The molecule has 1 fully saturated rings. The second-order valence-corrected chi connectivity index (χ2v) is 7.56. The molecule has 2 aliphatic heterocycles. The van der Waals surface area contributed by atoms with Gasteiger partial charge in [0, 0.05) is 0 Å². The lowest BCUT2D eigenvalue weighted by Gasteiger charge is -2.27. The minimum Gasteiger partial charge on any atom is -0.507 e. The Labute approximate surface area is 165 Å². The first-order valence-electron chi connectivity index (χ1n) is 9.77. The van der Waals surface area contributed by atoms with Gasteiger partial charge in [0.1, 0.15) is 38.5 Å². The van der Waals surface area contributed by atoms with Crippen LogP contribution in [0.1, 0.15) is 21.5 Å². The van der Waals surface area contributed by atoms with Gasteiger partial charge in [0.15, 0.2) is 11.5 Å². The van der Waals surface area contributed by atoms with Gasteiger partial charge >= 0.3 is 0 Å². The van der Waals surface area contributed by atoms with Crippen LogP contribution in [0.2, 0.25) is 0 Å². The van der Waals surface area contributed by atoms with Crippen molar-refractivity contribution in [3.05, 3.63) is 77.1 Å². The standard InChI is InChI=1S/C23H24N2O3/c1-24-12-14-25(15-13-24)16-19-20(26)11-10-18-22(27)21(28-23(18)19)9-5-8-17-6-3-2-4-7-17/h2-11,26H,12-16H2,1H3/p+2/b8-5+,21-9+. The molecule has 2 aromatic carbocycles. The third kappa shape index (κ3) is 3.86. The smallest absolute Gasteiger partial charge is 0.231 e. The summed E-state index contributed by atoms with van der Waals surface area (Å²) in [5, 5.41) is 10.4. The van der Waals surface area contributed by atoms with Crippen molar-refractivity contribution in [3.8, 4) is 11.5 Å². The molecular formula is C23H26N2O3+2. The van der Waals surface area contributed by atoms with Gasteiger partial charge in [0.05, 0.1) is 18.2 Å². The summed E-state index contributed by atoms with van der Waals surface area (Å²) in [6, 6.07) is 13.2. The van der Waals surface area contributed by atoms with Crippen LogP contribution >= 0.6 is 0 Å². The average molecular weight is 378 g/mol. The fourth-order valence-corrected chi connectivity index (χ4v) is 3.75. The number of fused-ring (bicyclic) bond motifs is 1. The van der Waals surface area contributed by atoms with Crippen molar-refractivity contribution in [2.24, 2.45) is 0 Å². The first kappa shape index (κ1) is 18.5. The van der Waals surface area contributed by atoms with Crippen LogP contribution in [0.25, 0.3) is 6.08 Å². The Hall–Kier alpha value is -2.89. The van der Waals surface area contributed by atoms with Gasteiger partial charge in [0.25, 0.3) is 0 Å². The molecule has 2 aromatic rings. The first-order valence-corrected chi connectivity index (χ1v) is 9.77. The van der Waals surface area contributed by atoms with Crippen LogP contribution in [0.5, 0.6) is 11.5 Å². The molecule has 0 atom stereocenters. The fraction of sp³-hybridized carbons (Fsp3) is 0.261. The lowest BCUT2D eigenvalue weighted by Crippen LogP contribution is -3.26. The first-order chi connectivity index (χ1) is 13.6. The summed E-state index contributed by atoms with van der Waals surface area (Å²) in [6.45, 7) is 4.99. The minimum absolute atomic E-state index is 0.133. The highest BCUT2D eigenvalue weighted by Crippen LogP contribution is 2.38. The maximum absolute atomic E-state index is 12.7. The second-order valence-electron chi connectivity index (χ2n) is 7.56. The molecular weight excluding hydrogens is 352 g/mol. The van der Waals surface area contributed by atoms with E-state index in [4.69, 9.17) is 4.74 Å². The van der Waals surface area contributed by atoms with Crippen molar-refractivity contribution < 1.29 is 24.4 Å². The zero-order chi connectivity index (χ0) is 19.5. The van der Waals surface area contributed by atoms with Crippen molar-refractivity contribution in [2.45, 2.75) is 6.54 Å². The SMILES string of the molecule is C[NH+]1CC[NH+](Cc2c(O)ccc3c2O/C(=C/C=C/c2ccccc2)C3=O)CC1. The Kier molecular flexibility index (Phi) is 5.28. The number of benzene rings is 2. The van der Waals surface area contributed by atoms with E-state index in [2.05, 4.69) is 7.05 Å². The van der Waals surface area contributed by atoms with Crippen LogP contribution < -0.4 is 14.5 Å². The van der Waals surface area contributed by atoms with Crippen LogP contribution in [0, 0.1) is 0 Å². The maximum atomic E-state index is 12.7. The number of carbonyl (C=O) groups is 1. The molecule has 0 radical (unpaired) electrons. The van der Waals surface area contributed by atoms with Gasteiger partial charge in [-0.2, -0.15) is 0 Å². The average Bonchev–Trinajstić information content (AvgIpc) is 3.02. The zero-order valence-corrected chi connectivity index (χ0v) is 16.1. The number of allylic oxidation sites excluding steroid dienone is 3. The number of piperazine rings is 1. The molecule has 28 heavy (non-hydrogen) atoms. The Balaban J connectivity index is 1.54. The lowest BCUT2D eigenvalue weighted by atomic mass is 10.0. The van der Waals surface area contributed by atoms with Gasteiger partial charge in [-0.1, -0.05) is 42.5 Å². The van der Waals surface area contributed by atoms with Gasteiger partial charge in [-0.3, -0.25) is 4.79 Å². The van der Waals surface area contributed by atoms with Crippen LogP contribution in [0.3, 0.4) is 0 Å². The number of likely N-dealkylation sites (N-methyl/N-ethyl adjacent to an activating group) is 1. The number of quaternary nitrogens is 2. The quantitative estimate of drug-likeness (QED) is 0.679. The van der Waals surface area contributed by atoms with E-state index < -0.39 is 0 Å². The zero-order valence-electron chi connectivity index (χ0n) is 16.1. The Bertz CT molecular complexity index is 926. The third-order valence-electron chi connectivity index (χ3n) is 5.49. The Morgan fingerprint density at radius 1 is 1.07 bits per heavy atom. The third-order valence-corrected chi connectivity index (χ3v) is 5.49. The van der Waals surface area contributed by atoms with E-state index in [9.17, 15) is 9.90 Å². The van der Waals surface area contributed by atoms with E-state index in [0.717, 1.165) is 37.3 Å². The lowest BCUT2D eigenvalue weighted by molar-refractivity contribution is -1.01. The van der Waals surface area contributed by atoms with E-state index in [1.807, 2.05) is 42.5 Å². The summed E-state index contributed by atoms with van der Waals surface area (Å²) in [6.07, 6.45) is 5.45. The van der Waals surface area contributed by atoms with E-state index in [-0.39, 0.29) is 11.5 Å². The van der Waals surface area contributed by atoms with Crippen LogP contribution in [0.4, 0.5) is 0 Å². The van der Waals surface area contributed by atoms with Crippen molar-refractivity contribution >= 4 is 11.9 Å². The van der Waals surface area contributed by atoms with Crippen LogP contribution in [-0.4, -0.2) is 44.1 Å². The fourth-order valence-electron chi connectivity index (χ4n) is 3.75. The highest BCUT2D eigenvalue weighted by atomic mass is 16.5. The maximum Gasteiger partial charge on any atom is 0.231 e. The summed E-state index contributed by atoms with van der Waals surface area (Å²) in [7, 11) is 2.20. The molecule has 5 heteroatoms. The van der Waals surface area contributed by atoms with E-state index in [1.165, 1.54) is 9.80 Å². The summed E-state index contributed by atoms with van der Waals surface area (Å²) >= 11 is 0. The molecule has 0 bridgehead atoms. The molecule has 3 N–H and O–H groups in total. The summed E-state index contributed by atoms with van der Waals surface area (Å²) < 4.78 is 5.91. The number of phenolic OH excluding ortho intramolecular Hbond substituents is 1. The number of hydrogen-bond acceptors (Lipinski definition) is 3. The van der Waals surface area contributed by atoms with Crippen molar-refractivity contribution in [1.82, 2.24) is 0 Å². The molecule has 0 spiro atoms. The predicted octanol–water partition coefficient (Wildman–Crippen LogP) is 0.478. The van der Waals surface area contributed by atoms with Gasteiger partial charge in [-0.25, -0.2) is 0 Å². The minimum atomic E-state index is -0.133. The molecule has 0 amide bonds. The number of ketones is 1. The van der Waals surface area contributed by atoms with E-state index in [1.54, 1.807) is 18.2 Å². The molecule has 0 saturated carbocycles. The van der Waals surface area contributed by atoms with E-state index in [0.29, 0.717) is 23.6 Å². The van der Waals surface area contributed by atoms with Gasteiger partial charge in [-0.15, -0.1) is 0 Å². The number of ether oxygens (including phenoxy) is 1. The molecule has 0 aliphatic carbocycles. The van der Waals surface area contributed by atoms with E-state index >= 15 is 0 Å². The number of rotatable bonds is 4. The molecule has 0 unspecified atom stereocenters. The molecule has 1 saturated heterocycles. The second kappa shape index (κ2) is 8.00. The molecule has 5 nitrogen and oxygen atoms in total. The summed E-state index contributed by atoms with van der Waals surface area (Å²) in [5.74, 6) is 0.883. The summed E-state index contributed by atoms with van der Waals surface area (Å²) in [4.78, 5) is 15.7. The van der Waals surface area contributed by atoms with Gasteiger partial charge in [-0.05, 0) is 23.8 Å². The molecule has 2 aliphatic rings. The van der Waals surface area contributed by atoms with Crippen molar-refractivity contribution in [2.75, 3.05) is 33.2 Å². The molecule has 2 heterocycles. The number of carbonyl (C=O) groups excluding carboxylic acids is 1. The highest BCUT2D eigenvalue weighted by molar-refractivity contribution is 6.12. The monoisotopic (exact) mass is 378 g/mol. The van der Waals surface area contributed by atoms with Crippen molar-refractivity contribution in [1.29, 1.82) is 0 Å². The van der Waals surface area contributed by atoms with Crippen molar-refractivity contribution in [3.63, 3.8) is 0 Å². The van der Waals surface area contributed by atoms with Crippen LogP contribution in [-0.2, 0) is 6.54 Å².